The van der Waals surface area contributed by atoms with Gasteiger partial charge in [-0.2, -0.15) is 0 Å². The Hall–Kier alpha value is -1.94. The van der Waals surface area contributed by atoms with Crippen LogP contribution in [0.25, 0.3) is 22.3 Å². The first-order chi connectivity index (χ1) is 10.1. The lowest BCUT2D eigenvalue weighted by Gasteiger charge is -2.21. The van der Waals surface area contributed by atoms with Crippen LogP contribution in [0.3, 0.4) is 0 Å². The van der Waals surface area contributed by atoms with Crippen molar-refractivity contribution in [3.63, 3.8) is 0 Å². The van der Waals surface area contributed by atoms with Crippen LogP contribution in [-0.2, 0) is 13.0 Å². The number of hydrogen-bond donors (Lipinski definition) is 0. The van der Waals surface area contributed by atoms with Crippen LogP contribution in [0.4, 0.5) is 0 Å². The second-order valence-electron chi connectivity index (χ2n) is 5.44. The van der Waals surface area contributed by atoms with Gasteiger partial charge in [0.25, 0.3) is 5.56 Å². The van der Waals surface area contributed by atoms with E-state index in [0.717, 1.165) is 33.4 Å². The van der Waals surface area contributed by atoms with Crippen molar-refractivity contribution in [3.8, 4) is 11.4 Å². The highest BCUT2D eigenvalue weighted by Gasteiger charge is 2.20. The van der Waals surface area contributed by atoms with Gasteiger partial charge in [-0.3, -0.25) is 9.36 Å². The molecule has 0 radical (unpaired) electrons. The predicted molar refractivity (Wildman–Crippen MR) is 87.6 cm³/mol. The van der Waals surface area contributed by atoms with E-state index in [0.29, 0.717) is 11.9 Å². The first-order valence-electron chi connectivity index (χ1n) is 6.94. The zero-order chi connectivity index (χ0) is 14.6. The molecule has 2 heterocycles. The van der Waals surface area contributed by atoms with Gasteiger partial charge in [0.2, 0.25) is 0 Å². The average Bonchev–Trinajstić information content (AvgIpc) is 2.48. The molecule has 1 aliphatic rings. The lowest BCUT2D eigenvalue weighted by molar-refractivity contribution is 0.652. The van der Waals surface area contributed by atoms with Crippen molar-refractivity contribution in [2.45, 2.75) is 19.9 Å². The molecule has 3 nitrogen and oxygen atoms in total. The molecule has 0 aliphatic carbocycles. The van der Waals surface area contributed by atoms with Gasteiger partial charge in [-0.15, -0.1) is 0 Å². The standard InChI is InChI=1S/C17H13BrN2O/c1-10-8-13-15(14(18)9-10)19-16-12-5-3-2-4-11(12)6-7-20(16)17(13)21/h2-5,8-9H,6-7H2,1H3. The molecule has 21 heavy (non-hydrogen) atoms. The van der Waals surface area contributed by atoms with Crippen LogP contribution < -0.4 is 5.56 Å². The first-order valence-corrected chi connectivity index (χ1v) is 7.73. The van der Waals surface area contributed by atoms with E-state index in [1.165, 1.54) is 5.56 Å². The van der Waals surface area contributed by atoms with Crippen molar-refractivity contribution in [3.05, 3.63) is 62.4 Å². The Morgan fingerprint density at radius 2 is 2.05 bits per heavy atom. The van der Waals surface area contributed by atoms with E-state index in [1.807, 2.05) is 37.3 Å². The molecule has 0 amide bonds. The summed E-state index contributed by atoms with van der Waals surface area (Å²) < 4.78 is 2.68. The maximum Gasteiger partial charge on any atom is 0.261 e. The van der Waals surface area contributed by atoms with Crippen molar-refractivity contribution < 1.29 is 0 Å². The van der Waals surface area contributed by atoms with Gasteiger partial charge in [-0.05, 0) is 52.5 Å². The summed E-state index contributed by atoms with van der Waals surface area (Å²) in [5.41, 5.74) is 4.18. The molecule has 0 unspecified atom stereocenters. The smallest absolute Gasteiger partial charge is 0.261 e. The monoisotopic (exact) mass is 340 g/mol. The average molecular weight is 341 g/mol. The maximum absolute atomic E-state index is 12.8. The SMILES string of the molecule is Cc1cc(Br)c2nc3n(c(=O)c2c1)CCc1ccccc1-3. The molecule has 0 saturated carbocycles. The van der Waals surface area contributed by atoms with Crippen molar-refractivity contribution in [1.29, 1.82) is 0 Å². The Morgan fingerprint density at radius 1 is 1.24 bits per heavy atom. The molecule has 3 aromatic rings. The molecule has 0 spiro atoms. The normalized spacial score (nSPS) is 13.0. The summed E-state index contributed by atoms with van der Waals surface area (Å²) in [7, 11) is 0. The molecule has 1 aromatic heterocycles. The minimum absolute atomic E-state index is 0.0499. The molecule has 0 fully saturated rings. The number of aromatic nitrogens is 2. The lowest BCUT2D eigenvalue weighted by atomic mass is 10.00. The molecule has 2 aromatic carbocycles. The van der Waals surface area contributed by atoms with Gasteiger partial charge in [-0.1, -0.05) is 24.3 Å². The third kappa shape index (κ3) is 1.86. The van der Waals surface area contributed by atoms with Crippen molar-refractivity contribution in [2.75, 3.05) is 0 Å². The highest BCUT2D eigenvalue weighted by atomic mass is 79.9. The van der Waals surface area contributed by atoms with Crippen LogP contribution in [0.2, 0.25) is 0 Å². The highest BCUT2D eigenvalue weighted by Crippen LogP contribution is 2.30. The quantitative estimate of drug-likeness (QED) is 0.625. The Bertz CT molecular complexity index is 943. The molecule has 0 N–H and O–H groups in total. The summed E-state index contributed by atoms with van der Waals surface area (Å²) in [6, 6.07) is 12.1. The summed E-state index contributed by atoms with van der Waals surface area (Å²) in [6.07, 6.45) is 0.878. The van der Waals surface area contributed by atoms with E-state index in [4.69, 9.17) is 4.98 Å². The summed E-state index contributed by atoms with van der Waals surface area (Å²) in [5.74, 6) is 0.777. The Morgan fingerprint density at radius 3 is 2.90 bits per heavy atom. The zero-order valence-electron chi connectivity index (χ0n) is 11.6. The second-order valence-corrected chi connectivity index (χ2v) is 6.30. The fourth-order valence-corrected chi connectivity index (χ4v) is 3.68. The number of hydrogen-bond acceptors (Lipinski definition) is 2. The van der Waals surface area contributed by atoms with E-state index < -0.39 is 0 Å². The van der Waals surface area contributed by atoms with Gasteiger partial charge >= 0.3 is 0 Å². The third-order valence-electron chi connectivity index (χ3n) is 4.02. The zero-order valence-corrected chi connectivity index (χ0v) is 13.1. The molecule has 0 atom stereocenters. The van der Waals surface area contributed by atoms with E-state index >= 15 is 0 Å². The Kier molecular flexibility index (Phi) is 2.76. The molecular weight excluding hydrogens is 328 g/mol. The third-order valence-corrected chi connectivity index (χ3v) is 4.62. The largest absolute Gasteiger partial charge is 0.292 e. The number of benzene rings is 2. The molecule has 1 aliphatic heterocycles. The van der Waals surface area contributed by atoms with Crippen LogP contribution in [0.15, 0.2) is 45.7 Å². The Balaban J connectivity index is 2.15. The van der Waals surface area contributed by atoms with Gasteiger partial charge in [-0.25, -0.2) is 4.98 Å². The number of rotatable bonds is 0. The minimum atomic E-state index is 0.0499. The van der Waals surface area contributed by atoms with Crippen LogP contribution >= 0.6 is 15.9 Å². The molecule has 4 rings (SSSR count). The summed E-state index contributed by atoms with van der Waals surface area (Å²) >= 11 is 3.54. The first kappa shape index (κ1) is 12.8. The van der Waals surface area contributed by atoms with E-state index in [2.05, 4.69) is 22.0 Å². The highest BCUT2D eigenvalue weighted by molar-refractivity contribution is 9.10. The number of aryl methyl sites for hydroxylation is 2. The van der Waals surface area contributed by atoms with Gasteiger partial charge in [0.1, 0.15) is 5.82 Å². The minimum Gasteiger partial charge on any atom is -0.292 e. The van der Waals surface area contributed by atoms with Crippen molar-refractivity contribution >= 4 is 26.8 Å². The molecule has 0 saturated heterocycles. The van der Waals surface area contributed by atoms with Gasteiger partial charge in [0.05, 0.1) is 10.9 Å². The number of fused-ring (bicyclic) bond motifs is 4. The fourth-order valence-electron chi connectivity index (χ4n) is 3.02. The topological polar surface area (TPSA) is 34.9 Å². The van der Waals surface area contributed by atoms with Gasteiger partial charge in [0.15, 0.2) is 0 Å². The predicted octanol–water partition coefficient (Wildman–Crippen LogP) is 3.69. The van der Waals surface area contributed by atoms with Crippen molar-refractivity contribution in [1.82, 2.24) is 9.55 Å². The van der Waals surface area contributed by atoms with E-state index in [-0.39, 0.29) is 5.56 Å². The van der Waals surface area contributed by atoms with E-state index in [1.54, 1.807) is 4.57 Å². The lowest BCUT2D eigenvalue weighted by Crippen LogP contribution is -2.27. The van der Waals surface area contributed by atoms with Crippen molar-refractivity contribution in [2.24, 2.45) is 0 Å². The summed E-state index contributed by atoms with van der Waals surface area (Å²) in [4.78, 5) is 17.6. The molecule has 104 valence electrons. The summed E-state index contributed by atoms with van der Waals surface area (Å²) in [5, 5.41) is 0.685. The molecular formula is C17H13BrN2O. The molecule has 0 bridgehead atoms. The summed E-state index contributed by atoms with van der Waals surface area (Å²) in [6.45, 7) is 2.68. The van der Waals surface area contributed by atoms with Crippen LogP contribution in [-0.4, -0.2) is 9.55 Å². The van der Waals surface area contributed by atoms with Gasteiger partial charge in [0, 0.05) is 16.6 Å². The fraction of sp³-hybridized carbons (Fsp3) is 0.176. The van der Waals surface area contributed by atoms with Crippen LogP contribution in [0.5, 0.6) is 0 Å². The Labute approximate surface area is 130 Å². The van der Waals surface area contributed by atoms with Gasteiger partial charge < -0.3 is 0 Å². The molecule has 4 heteroatoms. The number of halogens is 1. The van der Waals surface area contributed by atoms with Crippen LogP contribution in [0.1, 0.15) is 11.1 Å². The van der Waals surface area contributed by atoms with E-state index in [9.17, 15) is 4.79 Å². The maximum atomic E-state index is 12.8. The van der Waals surface area contributed by atoms with Crippen LogP contribution in [0, 0.1) is 6.92 Å². The number of nitrogens with zero attached hydrogens (tertiary/aromatic N) is 2. The second kappa shape index (κ2) is 4.53.